The molecule has 82 valence electrons. The molecule has 1 aliphatic heterocycles. The Morgan fingerprint density at radius 2 is 2.29 bits per heavy atom. The molecule has 0 spiro atoms. The van der Waals surface area contributed by atoms with Gasteiger partial charge in [0.25, 0.3) is 0 Å². The van der Waals surface area contributed by atoms with Gasteiger partial charge in [-0.2, -0.15) is 0 Å². The van der Waals surface area contributed by atoms with Crippen molar-refractivity contribution in [2.75, 3.05) is 19.6 Å². The zero-order valence-corrected chi connectivity index (χ0v) is 9.38. The van der Waals surface area contributed by atoms with Gasteiger partial charge in [-0.3, -0.25) is 9.69 Å². The van der Waals surface area contributed by atoms with Gasteiger partial charge >= 0.3 is 0 Å². The number of carbonyl (C=O) groups is 1. The maximum absolute atomic E-state index is 10.7. The summed E-state index contributed by atoms with van der Waals surface area (Å²) in [5.41, 5.74) is 0. The second-order valence-corrected chi connectivity index (χ2v) is 4.08. The van der Waals surface area contributed by atoms with Gasteiger partial charge in [-0.15, -0.1) is 0 Å². The Kier molecular flexibility index (Phi) is 4.94. The summed E-state index contributed by atoms with van der Waals surface area (Å²) in [6.45, 7) is 6.84. The van der Waals surface area contributed by atoms with E-state index in [2.05, 4.69) is 17.1 Å². The number of nitrogens with zero attached hydrogens (tertiary/aromatic N) is 1. The number of piperidine rings is 1. The fraction of sp³-hybridized carbons (Fsp3) is 0.909. The highest BCUT2D eigenvalue weighted by atomic mass is 16.1. The molecule has 1 fully saturated rings. The first-order chi connectivity index (χ1) is 6.74. The third-order valence-corrected chi connectivity index (χ3v) is 2.99. The lowest BCUT2D eigenvalue weighted by molar-refractivity contribution is -0.119. The molecule has 1 rings (SSSR count). The molecule has 0 aromatic carbocycles. The van der Waals surface area contributed by atoms with Crippen molar-refractivity contribution in [1.82, 2.24) is 10.2 Å². The minimum Gasteiger partial charge on any atom is -0.355 e. The lowest BCUT2D eigenvalue weighted by atomic mass is 10.0. The standard InChI is InChI=1S/C11H22N2O/c1-3-11-6-4-5-8-13(11)9-7-12-10(2)14/h11H,3-9H2,1-2H3,(H,12,14). The highest BCUT2D eigenvalue weighted by Crippen LogP contribution is 2.18. The molecule has 1 unspecified atom stereocenters. The van der Waals surface area contributed by atoms with Gasteiger partial charge in [-0.25, -0.2) is 0 Å². The van der Waals surface area contributed by atoms with E-state index in [0.29, 0.717) is 0 Å². The molecule has 0 saturated carbocycles. The predicted molar refractivity (Wildman–Crippen MR) is 58.2 cm³/mol. The lowest BCUT2D eigenvalue weighted by Gasteiger charge is -2.35. The average Bonchev–Trinajstić information content (AvgIpc) is 2.18. The van der Waals surface area contributed by atoms with E-state index in [1.165, 1.54) is 32.2 Å². The Morgan fingerprint density at radius 1 is 1.50 bits per heavy atom. The number of amides is 1. The van der Waals surface area contributed by atoms with Crippen molar-refractivity contribution in [1.29, 1.82) is 0 Å². The first-order valence-electron chi connectivity index (χ1n) is 5.72. The van der Waals surface area contributed by atoms with Crippen LogP contribution in [-0.2, 0) is 4.79 Å². The van der Waals surface area contributed by atoms with E-state index >= 15 is 0 Å². The zero-order valence-electron chi connectivity index (χ0n) is 9.38. The monoisotopic (exact) mass is 198 g/mol. The highest BCUT2D eigenvalue weighted by Gasteiger charge is 2.19. The average molecular weight is 198 g/mol. The second kappa shape index (κ2) is 6.02. The topological polar surface area (TPSA) is 32.3 Å². The van der Waals surface area contributed by atoms with Crippen molar-refractivity contribution >= 4 is 5.91 Å². The number of hydrogen-bond donors (Lipinski definition) is 1. The van der Waals surface area contributed by atoms with Crippen LogP contribution in [0.3, 0.4) is 0 Å². The Labute approximate surface area is 86.9 Å². The van der Waals surface area contributed by atoms with Crippen molar-refractivity contribution in [2.45, 2.75) is 45.6 Å². The van der Waals surface area contributed by atoms with E-state index < -0.39 is 0 Å². The molecule has 1 aliphatic rings. The van der Waals surface area contributed by atoms with Crippen molar-refractivity contribution in [3.63, 3.8) is 0 Å². The summed E-state index contributed by atoms with van der Waals surface area (Å²) in [5.74, 6) is 0.0788. The Morgan fingerprint density at radius 3 is 2.93 bits per heavy atom. The number of rotatable bonds is 4. The van der Waals surface area contributed by atoms with Gasteiger partial charge in [-0.1, -0.05) is 13.3 Å². The van der Waals surface area contributed by atoms with Crippen molar-refractivity contribution in [3.8, 4) is 0 Å². The Bertz CT molecular complexity index is 182. The Hall–Kier alpha value is -0.570. The number of nitrogens with one attached hydrogen (secondary N) is 1. The lowest BCUT2D eigenvalue weighted by Crippen LogP contribution is -2.43. The van der Waals surface area contributed by atoms with Crippen LogP contribution < -0.4 is 5.32 Å². The summed E-state index contributed by atoms with van der Waals surface area (Å²) in [5, 5.41) is 2.86. The molecule has 1 heterocycles. The number of carbonyl (C=O) groups excluding carboxylic acids is 1. The highest BCUT2D eigenvalue weighted by molar-refractivity contribution is 5.72. The van der Waals surface area contributed by atoms with Gasteiger partial charge in [0.2, 0.25) is 5.91 Å². The molecule has 3 nitrogen and oxygen atoms in total. The second-order valence-electron chi connectivity index (χ2n) is 4.08. The smallest absolute Gasteiger partial charge is 0.216 e. The summed E-state index contributed by atoms with van der Waals surface area (Å²) >= 11 is 0. The van der Waals surface area contributed by atoms with Gasteiger partial charge < -0.3 is 5.32 Å². The fourth-order valence-electron chi connectivity index (χ4n) is 2.19. The fourth-order valence-corrected chi connectivity index (χ4v) is 2.19. The van der Waals surface area contributed by atoms with Crippen molar-refractivity contribution in [3.05, 3.63) is 0 Å². The van der Waals surface area contributed by atoms with E-state index in [1.807, 2.05) is 0 Å². The maximum atomic E-state index is 10.7. The molecular weight excluding hydrogens is 176 g/mol. The zero-order chi connectivity index (χ0) is 10.4. The van der Waals surface area contributed by atoms with Crippen LogP contribution in [0, 0.1) is 0 Å². The third-order valence-electron chi connectivity index (χ3n) is 2.99. The molecule has 1 amide bonds. The van der Waals surface area contributed by atoms with Crippen LogP contribution in [0.4, 0.5) is 0 Å². The molecule has 0 aromatic heterocycles. The first-order valence-corrected chi connectivity index (χ1v) is 5.72. The molecule has 1 atom stereocenters. The van der Waals surface area contributed by atoms with Crippen LogP contribution in [0.5, 0.6) is 0 Å². The molecule has 0 aliphatic carbocycles. The molecule has 0 aromatic rings. The van der Waals surface area contributed by atoms with Crippen LogP contribution in [0.15, 0.2) is 0 Å². The first kappa shape index (κ1) is 11.5. The van der Waals surface area contributed by atoms with Gasteiger partial charge in [0, 0.05) is 26.1 Å². The van der Waals surface area contributed by atoms with Crippen LogP contribution in [0.2, 0.25) is 0 Å². The quantitative estimate of drug-likeness (QED) is 0.740. The summed E-state index contributed by atoms with van der Waals surface area (Å²) in [6.07, 6.45) is 5.25. The van der Waals surface area contributed by atoms with E-state index in [4.69, 9.17) is 0 Å². The summed E-state index contributed by atoms with van der Waals surface area (Å²) in [6, 6.07) is 0.748. The van der Waals surface area contributed by atoms with Gasteiger partial charge in [0.05, 0.1) is 0 Å². The summed E-state index contributed by atoms with van der Waals surface area (Å²) < 4.78 is 0. The maximum Gasteiger partial charge on any atom is 0.216 e. The SMILES string of the molecule is CCC1CCCCN1CCNC(C)=O. The Balaban J connectivity index is 2.22. The summed E-state index contributed by atoms with van der Waals surface area (Å²) in [4.78, 5) is 13.2. The predicted octanol–water partition coefficient (Wildman–Crippen LogP) is 1.39. The van der Waals surface area contributed by atoms with Gasteiger partial charge in [0.15, 0.2) is 0 Å². The van der Waals surface area contributed by atoms with Crippen LogP contribution in [-0.4, -0.2) is 36.5 Å². The molecule has 0 radical (unpaired) electrons. The van der Waals surface area contributed by atoms with Crippen molar-refractivity contribution in [2.24, 2.45) is 0 Å². The molecule has 1 N–H and O–H groups in total. The normalized spacial score (nSPS) is 23.4. The van der Waals surface area contributed by atoms with E-state index in [9.17, 15) is 4.79 Å². The van der Waals surface area contributed by atoms with Crippen molar-refractivity contribution < 1.29 is 4.79 Å². The largest absolute Gasteiger partial charge is 0.355 e. The molecule has 3 heteroatoms. The number of hydrogen-bond acceptors (Lipinski definition) is 2. The van der Waals surface area contributed by atoms with E-state index in [0.717, 1.165) is 19.1 Å². The van der Waals surface area contributed by atoms with Gasteiger partial charge in [-0.05, 0) is 25.8 Å². The van der Waals surface area contributed by atoms with Crippen LogP contribution >= 0.6 is 0 Å². The van der Waals surface area contributed by atoms with Crippen LogP contribution in [0.1, 0.15) is 39.5 Å². The third kappa shape index (κ3) is 3.66. The minimum absolute atomic E-state index is 0.0788. The molecule has 14 heavy (non-hydrogen) atoms. The molecule has 0 bridgehead atoms. The van der Waals surface area contributed by atoms with E-state index in [1.54, 1.807) is 6.92 Å². The summed E-state index contributed by atoms with van der Waals surface area (Å²) in [7, 11) is 0. The molecule has 1 saturated heterocycles. The number of likely N-dealkylation sites (tertiary alicyclic amines) is 1. The van der Waals surface area contributed by atoms with Crippen LogP contribution in [0.25, 0.3) is 0 Å². The van der Waals surface area contributed by atoms with E-state index in [-0.39, 0.29) is 5.91 Å². The molecular formula is C11H22N2O. The van der Waals surface area contributed by atoms with Gasteiger partial charge in [0.1, 0.15) is 0 Å². The minimum atomic E-state index is 0.0788.